The van der Waals surface area contributed by atoms with Crippen LogP contribution in [0.3, 0.4) is 0 Å². The predicted octanol–water partition coefficient (Wildman–Crippen LogP) is -0.534. The fraction of sp³-hybridized carbons (Fsp3) is 0.875. The number of nitrogens with one attached hydrogen (secondary N) is 2. The van der Waals surface area contributed by atoms with E-state index >= 15 is 0 Å². The lowest BCUT2D eigenvalue weighted by Gasteiger charge is -2.40. The van der Waals surface area contributed by atoms with E-state index in [0.717, 1.165) is 6.42 Å². The largest absolute Gasteiger partial charge is 0.352 e. The molecule has 1 aliphatic heterocycles. The molecule has 2 unspecified atom stereocenters. The van der Waals surface area contributed by atoms with E-state index in [4.69, 9.17) is 4.55 Å². The van der Waals surface area contributed by atoms with Gasteiger partial charge in [0.2, 0.25) is 5.91 Å². The molecule has 14 heavy (non-hydrogen) atoms. The lowest BCUT2D eigenvalue weighted by molar-refractivity contribution is -0.135. The van der Waals surface area contributed by atoms with Crippen LogP contribution in [0.4, 0.5) is 0 Å². The minimum Gasteiger partial charge on any atom is -0.352 e. The summed E-state index contributed by atoms with van der Waals surface area (Å²) in [6, 6.07) is 0. The average molecular weight is 220 g/mol. The van der Waals surface area contributed by atoms with Crippen LogP contribution >= 0.6 is 0 Å². The highest BCUT2D eigenvalue weighted by atomic mass is 32.2. The molecule has 3 N–H and O–H groups in total. The highest BCUT2D eigenvalue weighted by Crippen LogP contribution is 2.16. The van der Waals surface area contributed by atoms with Gasteiger partial charge in [0, 0.05) is 6.54 Å². The Morgan fingerprint density at radius 1 is 1.71 bits per heavy atom. The van der Waals surface area contributed by atoms with Gasteiger partial charge in [-0.1, -0.05) is 6.92 Å². The molecule has 6 heteroatoms. The van der Waals surface area contributed by atoms with Gasteiger partial charge in [-0.05, 0) is 19.4 Å². The van der Waals surface area contributed by atoms with Crippen molar-refractivity contribution in [2.45, 2.75) is 25.3 Å². The second-order valence-electron chi connectivity index (χ2n) is 3.42. The molecule has 0 aromatic rings. The Labute approximate surface area is 85.9 Å². The third kappa shape index (κ3) is 2.52. The molecule has 1 amide bonds. The molecule has 5 nitrogen and oxygen atoms in total. The fourth-order valence-electron chi connectivity index (χ4n) is 1.45. The first kappa shape index (κ1) is 11.6. The van der Waals surface area contributed by atoms with Gasteiger partial charge in [-0.15, -0.1) is 0 Å². The van der Waals surface area contributed by atoms with Crippen LogP contribution in [0.2, 0.25) is 0 Å². The molecular formula is C8H16N2O3S. The van der Waals surface area contributed by atoms with Crippen LogP contribution in [0.15, 0.2) is 0 Å². The van der Waals surface area contributed by atoms with Crippen molar-refractivity contribution in [1.29, 1.82) is 0 Å². The zero-order valence-corrected chi connectivity index (χ0v) is 9.02. The number of rotatable bonds is 6. The summed E-state index contributed by atoms with van der Waals surface area (Å²) in [5.41, 5.74) is -0.420. The van der Waals surface area contributed by atoms with E-state index in [1.807, 2.05) is 6.92 Å². The van der Waals surface area contributed by atoms with E-state index in [1.54, 1.807) is 0 Å². The summed E-state index contributed by atoms with van der Waals surface area (Å²) in [5.74, 6) is 0.291. The van der Waals surface area contributed by atoms with Gasteiger partial charge >= 0.3 is 0 Å². The highest BCUT2D eigenvalue weighted by Gasteiger charge is 2.43. The Kier molecular flexibility index (Phi) is 4.03. The maximum absolute atomic E-state index is 11.2. The number of amides is 1. The van der Waals surface area contributed by atoms with Gasteiger partial charge in [-0.3, -0.25) is 4.79 Å². The van der Waals surface area contributed by atoms with Crippen molar-refractivity contribution in [3.8, 4) is 0 Å². The second kappa shape index (κ2) is 4.86. The van der Waals surface area contributed by atoms with Crippen LogP contribution in [0.25, 0.3) is 0 Å². The van der Waals surface area contributed by atoms with Crippen LogP contribution in [0.1, 0.15) is 19.8 Å². The van der Waals surface area contributed by atoms with Crippen LogP contribution < -0.4 is 10.6 Å². The van der Waals surface area contributed by atoms with E-state index < -0.39 is 16.6 Å². The standard InChI is InChI=1S/C8H16N2O3S/c1-2-8(6-9-7(8)11)10-4-3-5-14(12)13/h10H,2-6H2,1H3,(H,9,11)(H,12,13). The Hall–Kier alpha value is -0.460. The minimum absolute atomic E-state index is 0.0325. The molecule has 1 heterocycles. The van der Waals surface area contributed by atoms with Crippen LogP contribution in [0, 0.1) is 0 Å². The van der Waals surface area contributed by atoms with Crippen LogP contribution in [-0.2, 0) is 15.9 Å². The van der Waals surface area contributed by atoms with E-state index in [2.05, 4.69) is 10.6 Å². The molecule has 1 aliphatic rings. The average Bonchev–Trinajstić information content (AvgIpc) is 2.15. The smallest absolute Gasteiger partial charge is 0.242 e. The molecule has 0 saturated carbocycles. The van der Waals surface area contributed by atoms with E-state index in [9.17, 15) is 9.00 Å². The lowest BCUT2D eigenvalue weighted by atomic mass is 9.88. The first-order chi connectivity index (χ1) is 6.60. The quantitative estimate of drug-likeness (QED) is 0.319. The molecule has 0 radical (unpaired) electrons. The first-order valence-corrected chi connectivity index (χ1v) is 5.99. The van der Waals surface area contributed by atoms with Gasteiger partial charge in [0.1, 0.15) is 5.54 Å². The molecule has 0 aromatic carbocycles. The van der Waals surface area contributed by atoms with Crippen molar-refractivity contribution in [3.05, 3.63) is 0 Å². The lowest BCUT2D eigenvalue weighted by Crippen LogP contribution is -2.71. The minimum atomic E-state index is -1.73. The third-order valence-electron chi connectivity index (χ3n) is 2.55. The van der Waals surface area contributed by atoms with Crippen LogP contribution in [-0.4, -0.2) is 39.1 Å². The van der Waals surface area contributed by atoms with E-state index in [0.29, 0.717) is 19.5 Å². The van der Waals surface area contributed by atoms with Crippen molar-refractivity contribution in [1.82, 2.24) is 10.6 Å². The molecule has 1 rings (SSSR count). The molecule has 1 saturated heterocycles. The van der Waals surface area contributed by atoms with Gasteiger partial charge < -0.3 is 15.2 Å². The fourth-order valence-corrected chi connectivity index (χ4v) is 1.84. The topological polar surface area (TPSA) is 78.4 Å². The number of hydrogen-bond acceptors (Lipinski definition) is 3. The molecule has 1 fully saturated rings. The molecule has 0 aliphatic carbocycles. The molecule has 0 spiro atoms. The number of carbonyl (C=O) groups excluding carboxylic acids is 1. The summed E-state index contributed by atoms with van der Waals surface area (Å²) < 4.78 is 18.9. The summed E-state index contributed by atoms with van der Waals surface area (Å²) in [6.07, 6.45) is 1.36. The molecule has 0 aromatic heterocycles. The van der Waals surface area contributed by atoms with Gasteiger partial charge in [0.05, 0.1) is 5.75 Å². The Morgan fingerprint density at radius 2 is 2.43 bits per heavy atom. The summed E-state index contributed by atoms with van der Waals surface area (Å²) in [6.45, 7) is 3.22. The van der Waals surface area contributed by atoms with E-state index in [1.165, 1.54) is 0 Å². The van der Waals surface area contributed by atoms with Crippen molar-refractivity contribution in [3.63, 3.8) is 0 Å². The predicted molar refractivity (Wildman–Crippen MR) is 54.3 cm³/mol. The van der Waals surface area contributed by atoms with Crippen LogP contribution in [0.5, 0.6) is 0 Å². The van der Waals surface area contributed by atoms with Crippen molar-refractivity contribution in [2.75, 3.05) is 18.8 Å². The Bertz CT molecular complexity index is 243. The Morgan fingerprint density at radius 3 is 2.79 bits per heavy atom. The molecule has 0 bridgehead atoms. The zero-order valence-electron chi connectivity index (χ0n) is 8.21. The highest BCUT2D eigenvalue weighted by molar-refractivity contribution is 7.79. The summed E-state index contributed by atoms with van der Waals surface area (Å²) >= 11 is -1.73. The van der Waals surface area contributed by atoms with Gasteiger partial charge in [0.25, 0.3) is 0 Å². The van der Waals surface area contributed by atoms with Crippen molar-refractivity contribution in [2.24, 2.45) is 0 Å². The maximum Gasteiger partial charge on any atom is 0.242 e. The number of carbonyl (C=O) groups is 1. The Balaban J connectivity index is 2.22. The van der Waals surface area contributed by atoms with E-state index in [-0.39, 0.29) is 11.7 Å². The molecule has 82 valence electrons. The normalized spacial score (nSPS) is 28.0. The summed E-state index contributed by atoms with van der Waals surface area (Å²) in [7, 11) is 0. The monoisotopic (exact) mass is 220 g/mol. The maximum atomic E-state index is 11.2. The van der Waals surface area contributed by atoms with Gasteiger partial charge in [-0.25, -0.2) is 4.21 Å². The SMILES string of the molecule is CCC1(NCCCS(=O)O)CNC1=O. The summed E-state index contributed by atoms with van der Waals surface area (Å²) in [4.78, 5) is 11.2. The number of hydrogen-bond donors (Lipinski definition) is 3. The van der Waals surface area contributed by atoms with Crippen molar-refractivity contribution >= 4 is 17.0 Å². The summed E-state index contributed by atoms with van der Waals surface area (Å²) in [5, 5.41) is 5.82. The van der Waals surface area contributed by atoms with Crippen molar-refractivity contribution < 1.29 is 13.6 Å². The van der Waals surface area contributed by atoms with Gasteiger partial charge in [-0.2, -0.15) is 0 Å². The molecule has 2 atom stereocenters. The first-order valence-electron chi connectivity index (χ1n) is 4.71. The zero-order chi connectivity index (χ0) is 10.6. The number of β-lactam (4-membered cyclic amide) rings is 1. The third-order valence-corrected chi connectivity index (χ3v) is 3.19. The van der Waals surface area contributed by atoms with Gasteiger partial charge in [0.15, 0.2) is 11.1 Å². The second-order valence-corrected chi connectivity index (χ2v) is 4.48. The molecular weight excluding hydrogens is 204 g/mol.